The van der Waals surface area contributed by atoms with Crippen LogP contribution in [-0.4, -0.2) is 82.2 Å². The van der Waals surface area contributed by atoms with Crippen LogP contribution in [0.1, 0.15) is 0 Å². The lowest BCUT2D eigenvalue weighted by atomic mass is 10.2. The summed E-state index contributed by atoms with van der Waals surface area (Å²) < 4.78 is 0. The summed E-state index contributed by atoms with van der Waals surface area (Å²) in [6.07, 6.45) is 11.6. The first-order chi connectivity index (χ1) is 10.4. The van der Waals surface area contributed by atoms with Gasteiger partial charge in [0.05, 0.1) is 20.0 Å². The normalized spacial score (nSPS) is 21.0. The van der Waals surface area contributed by atoms with Crippen LogP contribution in [0.2, 0.25) is 0 Å². The Kier molecular flexibility index (Phi) is 3.31. The summed E-state index contributed by atoms with van der Waals surface area (Å²) in [7, 11) is 5.92. The van der Waals surface area contributed by atoms with E-state index in [0.717, 1.165) is 0 Å². The molecule has 0 unspecified atom stereocenters. The van der Waals surface area contributed by atoms with Crippen LogP contribution in [0.25, 0.3) is 0 Å². The molecule has 3 aliphatic rings. The van der Waals surface area contributed by atoms with Gasteiger partial charge in [0, 0.05) is 58.3 Å². The van der Waals surface area contributed by atoms with Crippen molar-refractivity contribution in [2.45, 2.75) is 5.79 Å². The maximum absolute atomic E-state index is 12.6. The topological polar surface area (TPSA) is 62.5 Å². The van der Waals surface area contributed by atoms with Crippen LogP contribution < -0.4 is 5.73 Å². The van der Waals surface area contributed by atoms with E-state index in [0.29, 0.717) is 20.0 Å². The van der Waals surface area contributed by atoms with E-state index in [1.807, 2.05) is 87.7 Å². The average Bonchev–Trinajstić information content (AvgIpc) is 3.15. The van der Waals surface area contributed by atoms with Gasteiger partial charge in [-0.15, -0.1) is 0 Å². The molecule has 1 amide bonds. The van der Waals surface area contributed by atoms with Crippen molar-refractivity contribution in [2.75, 3.05) is 41.1 Å². The third-order valence-electron chi connectivity index (χ3n) is 4.16. The molecule has 0 aromatic carbocycles. The zero-order valence-corrected chi connectivity index (χ0v) is 13.3. The molecule has 3 rings (SSSR count). The zero-order chi connectivity index (χ0) is 15.9. The van der Waals surface area contributed by atoms with Gasteiger partial charge in [0.2, 0.25) is 0 Å². The molecule has 3 heterocycles. The van der Waals surface area contributed by atoms with E-state index in [9.17, 15) is 4.79 Å². The largest absolute Gasteiger partial charge is 0.364 e. The van der Waals surface area contributed by atoms with Gasteiger partial charge in [-0.1, -0.05) is 0 Å². The van der Waals surface area contributed by atoms with Crippen LogP contribution >= 0.6 is 0 Å². The lowest BCUT2D eigenvalue weighted by Crippen LogP contribution is -2.72. The SMILES string of the molecule is CN1C=CN(C(C(N)=O)(N2C=CN(C)C2)N2C=CN(C)C2)C1. The molecule has 0 aromatic rings. The molecule has 0 fully saturated rings. The van der Waals surface area contributed by atoms with E-state index < -0.39 is 11.7 Å². The molecule has 22 heavy (non-hydrogen) atoms. The van der Waals surface area contributed by atoms with Crippen molar-refractivity contribution in [1.29, 1.82) is 0 Å². The van der Waals surface area contributed by atoms with Gasteiger partial charge in [-0.3, -0.25) is 4.79 Å². The molecule has 0 saturated carbocycles. The maximum Gasteiger partial charge on any atom is 0.286 e. The lowest BCUT2D eigenvalue weighted by Gasteiger charge is -2.50. The molecule has 2 N–H and O–H groups in total. The van der Waals surface area contributed by atoms with E-state index in [2.05, 4.69) is 0 Å². The summed E-state index contributed by atoms with van der Waals surface area (Å²) in [6.45, 7) is 1.81. The van der Waals surface area contributed by atoms with Gasteiger partial charge in [0.15, 0.2) is 0 Å². The van der Waals surface area contributed by atoms with Gasteiger partial charge in [-0.05, 0) is 0 Å². The first-order valence-electron chi connectivity index (χ1n) is 7.20. The molecule has 0 bridgehead atoms. The summed E-state index contributed by atoms with van der Waals surface area (Å²) in [5.74, 6) is -1.46. The highest BCUT2D eigenvalue weighted by Gasteiger charge is 2.53. The predicted octanol–water partition coefficient (Wildman–Crippen LogP) is -0.846. The average molecular weight is 305 g/mol. The van der Waals surface area contributed by atoms with E-state index in [-0.39, 0.29) is 0 Å². The molecular weight excluding hydrogens is 282 g/mol. The Morgan fingerprint density at radius 2 is 1.09 bits per heavy atom. The van der Waals surface area contributed by atoms with Crippen molar-refractivity contribution in [3.8, 4) is 0 Å². The third-order valence-corrected chi connectivity index (χ3v) is 4.16. The van der Waals surface area contributed by atoms with Gasteiger partial charge in [0.1, 0.15) is 0 Å². The molecule has 0 spiro atoms. The Bertz CT molecular complexity index is 479. The van der Waals surface area contributed by atoms with Crippen LogP contribution in [-0.2, 0) is 4.79 Å². The Balaban J connectivity index is 2.03. The number of nitrogens with two attached hydrogens (primary N) is 1. The number of hydrogen-bond donors (Lipinski definition) is 1. The second kappa shape index (κ2) is 5.04. The molecule has 0 atom stereocenters. The van der Waals surface area contributed by atoms with Gasteiger partial charge in [-0.2, -0.15) is 0 Å². The van der Waals surface area contributed by atoms with Crippen LogP contribution in [0, 0.1) is 0 Å². The first kappa shape index (κ1) is 14.4. The summed E-state index contributed by atoms with van der Waals surface area (Å²) in [4.78, 5) is 24.6. The Labute approximate surface area is 130 Å². The standard InChI is InChI=1S/C14H23N7O/c1-16-4-7-19(10-16)14(13(15)22,20-8-5-17(2)11-20)21-9-6-18(3)12-21/h4-9H,10-12H2,1-3H3,(H2,15,22). The van der Waals surface area contributed by atoms with Crippen molar-refractivity contribution in [3.05, 3.63) is 37.2 Å². The van der Waals surface area contributed by atoms with Crippen molar-refractivity contribution in [3.63, 3.8) is 0 Å². The van der Waals surface area contributed by atoms with Crippen LogP contribution in [0.15, 0.2) is 37.2 Å². The summed E-state index contributed by atoms with van der Waals surface area (Å²) in [6, 6.07) is 0. The molecule has 8 nitrogen and oxygen atoms in total. The molecule has 8 heteroatoms. The highest BCUT2D eigenvalue weighted by molar-refractivity contribution is 5.84. The quantitative estimate of drug-likeness (QED) is 0.726. The van der Waals surface area contributed by atoms with Crippen molar-refractivity contribution < 1.29 is 4.79 Å². The summed E-state index contributed by atoms with van der Waals surface area (Å²) >= 11 is 0. The first-order valence-corrected chi connectivity index (χ1v) is 7.20. The molecule has 0 radical (unpaired) electrons. The van der Waals surface area contributed by atoms with Gasteiger partial charge in [-0.25, -0.2) is 0 Å². The Morgan fingerprint density at radius 1 is 0.773 bits per heavy atom. The molecule has 0 saturated heterocycles. The van der Waals surface area contributed by atoms with Crippen molar-refractivity contribution in [1.82, 2.24) is 29.4 Å². The van der Waals surface area contributed by atoms with Crippen LogP contribution in [0.4, 0.5) is 0 Å². The van der Waals surface area contributed by atoms with Gasteiger partial charge in [0.25, 0.3) is 11.7 Å². The number of rotatable bonds is 4. The molecule has 0 aliphatic carbocycles. The molecule has 0 aromatic heterocycles. The maximum atomic E-state index is 12.6. The van der Waals surface area contributed by atoms with E-state index in [4.69, 9.17) is 5.73 Å². The minimum atomic E-state index is -1.07. The van der Waals surface area contributed by atoms with Gasteiger partial charge < -0.3 is 35.1 Å². The fourth-order valence-electron chi connectivity index (χ4n) is 3.11. The fraction of sp³-hybridized carbons (Fsp3) is 0.500. The van der Waals surface area contributed by atoms with Crippen molar-refractivity contribution in [2.24, 2.45) is 5.73 Å². The zero-order valence-electron chi connectivity index (χ0n) is 13.3. The second-order valence-electron chi connectivity index (χ2n) is 6.00. The minimum absolute atomic E-state index is 0.396. The predicted molar refractivity (Wildman–Crippen MR) is 82.8 cm³/mol. The van der Waals surface area contributed by atoms with E-state index in [1.165, 1.54) is 0 Å². The number of hydrogen-bond acceptors (Lipinski definition) is 7. The smallest absolute Gasteiger partial charge is 0.286 e. The lowest BCUT2D eigenvalue weighted by molar-refractivity contribution is -0.164. The third kappa shape index (κ3) is 2.02. The highest BCUT2D eigenvalue weighted by Crippen LogP contribution is 2.33. The van der Waals surface area contributed by atoms with Crippen LogP contribution in [0.5, 0.6) is 0 Å². The summed E-state index contributed by atoms with van der Waals surface area (Å²) in [5, 5.41) is 0. The Hall–Kier alpha value is -2.51. The Morgan fingerprint density at radius 3 is 1.27 bits per heavy atom. The fourth-order valence-corrected chi connectivity index (χ4v) is 3.11. The summed E-state index contributed by atoms with van der Waals surface area (Å²) in [5.41, 5.74) is 5.93. The number of carbonyl (C=O) groups is 1. The molecular formula is C14H23N7O. The number of nitrogens with zero attached hydrogens (tertiary/aromatic N) is 6. The molecule has 120 valence electrons. The number of carbonyl (C=O) groups excluding carboxylic acids is 1. The van der Waals surface area contributed by atoms with Gasteiger partial charge >= 0.3 is 0 Å². The monoisotopic (exact) mass is 305 g/mol. The van der Waals surface area contributed by atoms with E-state index >= 15 is 0 Å². The number of primary amides is 1. The highest BCUT2D eigenvalue weighted by atomic mass is 16.2. The second-order valence-corrected chi connectivity index (χ2v) is 6.00. The number of amides is 1. The van der Waals surface area contributed by atoms with Crippen molar-refractivity contribution >= 4 is 5.91 Å². The van der Waals surface area contributed by atoms with Crippen LogP contribution in [0.3, 0.4) is 0 Å². The minimum Gasteiger partial charge on any atom is -0.364 e. The van der Waals surface area contributed by atoms with E-state index in [1.54, 1.807) is 0 Å². The molecule has 3 aliphatic heterocycles.